The molecule has 0 bridgehead atoms. The van der Waals surface area contributed by atoms with Crippen molar-refractivity contribution in [3.8, 4) is 5.75 Å². The number of benzene rings is 1. The highest BCUT2D eigenvalue weighted by atomic mass is 35.5. The van der Waals surface area contributed by atoms with Gasteiger partial charge in [-0.15, -0.1) is 0 Å². The van der Waals surface area contributed by atoms with Gasteiger partial charge in [0.1, 0.15) is 5.75 Å². The van der Waals surface area contributed by atoms with Gasteiger partial charge in [0.25, 0.3) is 5.91 Å². The normalized spacial score (nSPS) is 16.2. The second-order valence-corrected chi connectivity index (χ2v) is 8.29. The Labute approximate surface area is 177 Å². The zero-order valence-corrected chi connectivity index (χ0v) is 17.9. The van der Waals surface area contributed by atoms with Gasteiger partial charge in [-0.3, -0.25) is 14.5 Å². The molecule has 0 saturated carbocycles. The predicted molar refractivity (Wildman–Crippen MR) is 110 cm³/mol. The van der Waals surface area contributed by atoms with Gasteiger partial charge >= 0.3 is 0 Å². The SMILES string of the molecule is CC(=O)c1sc(N(C[C@H]2CCCO2)C(=O)COc2ccc(Cl)cc2Cl)nc1C. The van der Waals surface area contributed by atoms with E-state index >= 15 is 0 Å². The van der Waals surface area contributed by atoms with Crippen molar-refractivity contribution in [2.75, 3.05) is 24.7 Å². The van der Waals surface area contributed by atoms with Gasteiger partial charge in [-0.25, -0.2) is 4.98 Å². The number of Topliss-reactive ketones (excluding diaryl/α,β-unsaturated/α-hetero) is 1. The van der Waals surface area contributed by atoms with Crippen LogP contribution in [0.2, 0.25) is 10.0 Å². The van der Waals surface area contributed by atoms with E-state index in [4.69, 9.17) is 32.7 Å². The molecule has 1 fully saturated rings. The number of aromatic nitrogens is 1. The Hall–Kier alpha value is -1.67. The number of ketones is 1. The third-order valence-corrected chi connectivity index (χ3v) is 6.10. The molecule has 150 valence electrons. The minimum absolute atomic E-state index is 0.0620. The summed E-state index contributed by atoms with van der Waals surface area (Å²) in [7, 11) is 0. The monoisotopic (exact) mass is 442 g/mol. The quantitative estimate of drug-likeness (QED) is 0.588. The van der Waals surface area contributed by atoms with Crippen molar-refractivity contribution in [3.05, 3.63) is 38.8 Å². The third kappa shape index (κ3) is 5.03. The van der Waals surface area contributed by atoms with E-state index in [0.717, 1.165) is 12.8 Å². The molecule has 0 unspecified atom stereocenters. The van der Waals surface area contributed by atoms with Crippen molar-refractivity contribution in [1.82, 2.24) is 4.98 Å². The molecule has 0 aliphatic carbocycles. The number of aryl methyl sites for hydroxylation is 1. The molecule has 1 aromatic carbocycles. The number of rotatable bonds is 7. The Morgan fingerprint density at radius 2 is 2.18 bits per heavy atom. The lowest BCUT2D eigenvalue weighted by molar-refractivity contribution is -0.120. The first-order valence-corrected chi connectivity index (χ1v) is 10.4. The molecule has 9 heteroatoms. The van der Waals surface area contributed by atoms with Gasteiger partial charge in [0.2, 0.25) is 0 Å². The molecule has 3 rings (SSSR count). The van der Waals surface area contributed by atoms with Gasteiger partial charge < -0.3 is 9.47 Å². The number of anilines is 1. The van der Waals surface area contributed by atoms with Crippen LogP contribution in [0.1, 0.15) is 35.1 Å². The van der Waals surface area contributed by atoms with Crippen LogP contribution in [0.4, 0.5) is 5.13 Å². The van der Waals surface area contributed by atoms with E-state index in [1.54, 1.807) is 25.1 Å². The Morgan fingerprint density at radius 1 is 1.39 bits per heavy atom. The van der Waals surface area contributed by atoms with Gasteiger partial charge in [0, 0.05) is 18.6 Å². The van der Waals surface area contributed by atoms with Crippen LogP contribution in [0, 0.1) is 6.92 Å². The van der Waals surface area contributed by atoms with Gasteiger partial charge in [-0.1, -0.05) is 34.5 Å². The predicted octanol–water partition coefficient (Wildman–Crippen LogP) is 4.55. The molecule has 1 aliphatic heterocycles. The zero-order valence-electron chi connectivity index (χ0n) is 15.5. The molecule has 2 aromatic rings. The second-order valence-electron chi connectivity index (χ2n) is 6.47. The summed E-state index contributed by atoms with van der Waals surface area (Å²) in [5, 5.41) is 1.28. The molecule has 1 amide bonds. The molecule has 6 nitrogen and oxygen atoms in total. The number of hydrogen-bond donors (Lipinski definition) is 0. The van der Waals surface area contributed by atoms with Crippen molar-refractivity contribution in [1.29, 1.82) is 0 Å². The van der Waals surface area contributed by atoms with Crippen LogP contribution < -0.4 is 9.64 Å². The van der Waals surface area contributed by atoms with E-state index in [-0.39, 0.29) is 24.4 Å². The molecule has 0 N–H and O–H groups in total. The van der Waals surface area contributed by atoms with E-state index in [1.807, 2.05) is 0 Å². The average molecular weight is 443 g/mol. The van der Waals surface area contributed by atoms with E-state index in [1.165, 1.54) is 23.2 Å². The number of ether oxygens (including phenoxy) is 2. The summed E-state index contributed by atoms with van der Waals surface area (Å²) in [6.07, 6.45) is 1.77. The fraction of sp³-hybridized carbons (Fsp3) is 0.421. The van der Waals surface area contributed by atoms with Crippen LogP contribution in [-0.2, 0) is 9.53 Å². The summed E-state index contributed by atoms with van der Waals surface area (Å²) in [6.45, 7) is 4.07. The van der Waals surface area contributed by atoms with E-state index in [0.29, 0.717) is 44.6 Å². The minimum Gasteiger partial charge on any atom is -0.482 e. The fourth-order valence-electron chi connectivity index (χ4n) is 2.91. The summed E-state index contributed by atoms with van der Waals surface area (Å²) < 4.78 is 11.3. The number of carbonyl (C=O) groups is 2. The maximum Gasteiger partial charge on any atom is 0.266 e. The standard InChI is InChI=1S/C19H20Cl2N2O4S/c1-11-18(12(2)24)28-19(22-11)23(9-14-4-3-7-26-14)17(25)10-27-16-6-5-13(20)8-15(16)21/h5-6,8,14H,3-4,7,9-10H2,1-2H3/t14-/m1/s1. The highest BCUT2D eigenvalue weighted by molar-refractivity contribution is 7.17. The third-order valence-electron chi connectivity index (χ3n) is 4.29. The van der Waals surface area contributed by atoms with Gasteiger partial charge in [-0.05, 0) is 38.0 Å². The number of thiazole rings is 1. The highest BCUT2D eigenvalue weighted by Gasteiger charge is 2.27. The van der Waals surface area contributed by atoms with Crippen LogP contribution in [0.3, 0.4) is 0 Å². The molecule has 1 aliphatic rings. The largest absolute Gasteiger partial charge is 0.482 e. The molecule has 1 aromatic heterocycles. The first kappa shape index (κ1) is 21.0. The lowest BCUT2D eigenvalue weighted by Crippen LogP contribution is -2.40. The topological polar surface area (TPSA) is 68.7 Å². The molecular formula is C19H20Cl2N2O4S. The maximum absolute atomic E-state index is 12.9. The van der Waals surface area contributed by atoms with Crippen LogP contribution in [0.5, 0.6) is 5.75 Å². The maximum atomic E-state index is 12.9. The fourth-order valence-corrected chi connectivity index (χ4v) is 4.36. The zero-order chi connectivity index (χ0) is 20.3. The van der Waals surface area contributed by atoms with E-state index in [2.05, 4.69) is 4.98 Å². The summed E-state index contributed by atoms with van der Waals surface area (Å²) in [6, 6.07) is 4.81. The smallest absolute Gasteiger partial charge is 0.266 e. The highest BCUT2D eigenvalue weighted by Crippen LogP contribution is 2.30. The molecule has 0 spiro atoms. The molecule has 2 heterocycles. The number of nitrogens with zero attached hydrogens (tertiary/aromatic N) is 2. The molecule has 1 atom stereocenters. The van der Waals surface area contributed by atoms with Crippen LogP contribution in [0.15, 0.2) is 18.2 Å². The van der Waals surface area contributed by atoms with E-state index < -0.39 is 0 Å². The first-order valence-electron chi connectivity index (χ1n) is 8.83. The second kappa shape index (κ2) is 9.22. The molecular weight excluding hydrogens is 423 g/mol. The number of hydrogen-bond acceptors (Lipinski definition) is 6. The van der Waals surface area contributed by atoms with Gasteiger partial charge in [0.15, 0.2) is 17.5 Å². The summed E-state index contributed by atoms with van der Waals surface area (Å²) in [5.41, 5.74) is 0.610. The molecule has 28 heavy (non-hydrogen) atoms. The van der Waals surface area contributed by atoms with Crippen LogP contribution in [-0.4, -0.2) is 42.5 Å². The average Bonchev–Trinajstić information content (AvgIpc) is 3.28. The van der Waals surface area contributed by atoms with Crippen molar-refractivity contribution in [2.24, 2.45) is 0 Å². The van der Waals surface area contributed by atoms with Gasteiger partial charge in [0.05, 0.1) is 28.2 Å². The number of amides is 1. The van der Waals surface area contributed by atoms with Crippen molar-refractivity contribution in [2.45, 2.75) is 32.8 Å². The minimum atomic E-state index is -0.287. The van der Waals surface area contributed by atoms with E-state index in [9.17, 15) is 9.59 Å². The molecule has 0 radical (unpaired) electrons. The Kier molecular flexibility index (Phi) is 6.93. The summed E-state index contributed by atoms with van der Waals surface area (Å²) in [5.74, 6) is 0.0107. The van der Waals surface area contributed by atoms with Crippen LogP contribution in [0.25, 0.3) is 0 Å². The first-order chi connectivity index (χ1) is 13.3. The Morgan fingerprint density at radius 3 is 2.79 bits per heavy atom. The summed E-state index contributed by atoms with van der Waals surface area (Å²) >= 11 is 13.2. The lowest BCUT2D eigenvalue weighted by Gasteiger charge is -2.23. The number of carbonyl (C=O) groups excluding carboxylic acids is 2. The summed E-state index contributed by atoms with van der Waals surface area (Å²) in [4.78, 5) is 31.2. The lowest BCUT2D eigenvalue weighted by atomic mass is 10.2. The van der Waals surface area contributed by atoms with Gasteiger partial charge in [-0.2, -0.15) is 0 Å². The Balaban J connectivity index is 1.78. The Bertz CT molecular complexity index is 881. The van der Waals surface area contributed by atoms with Crippen molar-refractivity contribution >= 4 is 51.4 Å². The van der Waals surface area contributed by atoms with Crippen LogP contribution >= 0.6 is 34.5 Å². The van der Waals surface area contributed by atoms with Crippen molar-refractivity contribution < 1.29 is 19.1 Å². The molecule has 1 saturated heterocycles. The van der Waals surface area contributed by atoms with Crippen molar-refractivity contribution in [3.63, 3.8) is 0 Å². The number of halogens is 2.